The Morgan fingerprint density at radius 2 is 2.07 bits per heavy atom. The van der Waals surface area contributed by atoms with Crippen LogP contribution in [0.15, 0.2) is 0 Å². The smallest absolute Gasteiger partial charge is 0.389 e. The highest BCUT2D eigenvalue weighted by Crippen LogP contribution is 2.24. The van der Waals surface area contributed by atoms with E-state index in [1.54, 1.807) is 0 Å². The third-order valence-corrected chi connectivity index (χ3v) is 1.80. The van der Waals surface area contributed by atoms with Gasteiger partial charge in [0.1, 0.15) is 12.2 Å². The van der Waals surface area contributed by atoms with Gasteiger partial charge in [-0.3, -0.25) is 0 Å². The summed E-state index contributed by atoms with van der Waals surface area (Å²) in [5.74, 6) is -2.72. The first-order chi connectivity index (χ1) is 6.37. The first kappa shape index (κ1) is 11.1. The largest absolute Gasteiger partial charge is 0.408 e. The minimum absolute atomic E-state index is 0.498. The molecule has 0 radical (unpaired) electrons. The maximum Gasteiger partial charge on any atom is 0.408 e. The Balaban J connectivity index is 2.74. The average molecular weight is 209 g/mol. The number of rotatable bonds is 1. The molecule has 82 valence electrons. The highest BCUT2D eigenvalue weighted by Gasteiger charge is 2.51. The van der Waals surface area contributed by atoms with Crippen molar-refractivity contribution in [3.05, 3.63) is 0 Å². The fourth-order valence-corrected chi connectivity index (χ4v) is 1.05. The van der Waals surface area contributed by atoms with Crippen LogP contribution in [0.4, 0.5) is 4.79 Å². The zero-order chi connectivity index (χ0) is 10.9. The Morgan fingerprint density at radius 3 is 2.57 bits per heavy atom. The van der Waals surface area contributed by atoms with Crippen LogP contribution in [0.3, 0.4) is 0 Å². The van der Waals surface area contributed by atoms with Crippen LogP contribution >= 0.6 is 0 Å². The van der Waals surface area contributed by atoms with Crippen molar-refractivity contribution >= 4 is 6.09 Å². The van der Waals surface area contributed by atoms with Gasteiger partial charge in [0.2, 0.25) is 0 Å². The Kier molecular flexibility index (Phi) is 2.92. The van der Waals surface area contributed by atoms with Crippen LogP contribution in [0.1, 0.15) is 0 Å². The quantitative estimate of drug-likeness (QED) is 0.287. The molecule has 4 atom stereocenters. The zero-order valence-corrected chi connectivity index (χ0v) is 7.03. The number of nitrogens with two attached hydrogens (primary N) is 1. The van der Waals surface area contributed by atoms with E-state index < -0.39 is 37.0 Å². The molecule has 1 fully saturated rings. The van der Waals surface area contributed by atoms with Gasteiger partial charge in [-0.25, -0.2) is 4.79 Å². The zero-order valence-electron chi connectivity index (χ0n) is 7.03. The first-order valence-electron chi connectivity index (χ1n) is 3.76. The number of carbonyl (C=O) groups excluding carboxylic acids is 1. The van der Waals surface area contributed by atoms with Gasteiger partial charge in [-0.1, -0.05) is 0 Å². The number of aliphatic hydroxyl groups excluding tert-OH is 3. The van der Waals surface area contributed by atoms with E-state index in [1.165, 1.54) is 0 Å². The molecular formula is C6H11NO7. The molecule has 1 amide bonds. The molecule has 1 unspecified atom stereocenters. The van der Waals surface area contributed by atoms with Crippen LogP contribution in [0, 0.1) is 0 Å². The molecule has 1 saturated heterocycles. The second kappa shape index (κ2) is 3.67. The molecule has 0 saturated carbocycles. The summed E-state index contributed by atoms with van der Waals surface area (Å²) in [6, 6.07) is 0. The normalized spacial score (nSPS) is 43.3. The summed E-state index contributed by atoms with van der Waals surface area (Å²) >= 11 is 0. The molecule has 1 rings (SSSR count). The van der Waals surface area contributed by atoms with Crippen LogP contribution in [-0.4, -0.2) is 57.4 Å². The van der Waals surface area contributed by atoms with Gasteiger partial charge in [-0.15, -0.1) is 0 Å². The molecule has 0 aromatic heterocycles. The highest BCUT2D eigenvalue weighted by molar-refractivity contribution is 5.65. The van der Waals surface area contributed by atoms with Gasteiger partial charge in [0, 0.05) is 0 Å². The van der Waals surface area contributed by atoms with Crippen LogP contribution in [0.5, 0.6) is 0 Å². The molecule has 8 nitrogen and oxygen atoms in total. The molecule has 0 aromatic rings. The molecule has 8 heteroatoms. The van der Waals surface area contributed by atoms with Crippen LogP contribution < -0.4 is 5.73 Å². The van der Waals surface area contributed by atoms with Gasteiger partial charge in [0.25, 0.3) is 0 Å². The minimum Gasteiger partial charge on any atom is -0.389 e. The predicted octanol–water partition coefficient (Wildman–Crippen LogP) is -3.16. The standard InChI is InChI=1S/C6H11NO7/c7-5(11)14-6(12)4(10)3(9)2(8)1-13-6/h2-4,8-10,12H,1H2,(H2,7,11)/t2-,3+,4-,6?/m1/s1. The number of hydrogen-bond acceptors (Lipinski definition) is 7. The molecule has 1 aliphatic rings. The summed E-state index contributed by atoms with van der Waals surface area (Å²) in [5.41, 5.74) is 4.59. The van der Waals surface area contributed by atoms with Crippen molar-refractivity contribution in [3.8, 4) is 0 Å². The van der Waals surface area contributed by atoms with Gasteiger partial charge in [-0.05, 0) is 0 Å². The highest BCUT2D eigenvalue weighted by atomic mass is 16.8. The summed E-state index contributed by atoms with van der Waals surface area (Å²) in [7, 11) is 0. The molecule has 0 bridgehead atoms. The molecule has 6 N–H and O–H groups in total. The van der Waals surface area contributed by atoms with Crippen LogP contribution in [-0.2, 0) is 9.47 Å². The summed E-state index contributed by atoms with van der Waals surface area (Å²) in [6.07, 6.45) is -6.43. The van der Waals surface area contributed by atoms with Gasteiger partial charge in [-0.2, -0.15) is 0 Å². The topological polar surface area (TPSA) is 142 Å². The predicted molar refractivity (Wildman–Crippen MR) is 39.6 cm³/mol. The van der Waals surface area contributed by atoms with Gasteiger partial charge >= 0.3 is 12.1 Å². The van der Waals surface area contributed by atoms with Crippen molar-refractivity contribution in [1.29, 1.82) is 0 Å². The second-order valence-electron chi connectivity index (χ2n) is 2.87. The van der Waals surface area contributed by atoms with Gasteiger partial charge in [0.05, 0.1) is 6.61 Å². The number of ether oxygens (including phenoxy) is 2. The van der Waals surface area contributed by atoms with Gasteiger partial charge in [0.15, 0.2) is 6.10 Å². The maximum absolute atomic E-state index is 10.3. The number of carbonyl (C=O) groups is 1. The minimum atomic E-state index is -2.72. The Bertz CT molecular complexity index is 234. The molecule has 0 aliphatic carbocycles. The first-order valence-corrected chi connectivity index (χ1v) is 3.76. The van der Waals surface area contributed by atoms with E-state index in [9.17, 15) is 15.0 Å². The Hall–Kier alpha value is -0.930. The molecule has 1 heterocycles. The number of hydrogen-bond donors (Lipinski definition) is 5. The number of aliphatic hydroxyl groups is 4. The molecule has 0 aromatic carbocycles. The van der Waals surface area contributed by atoms with E-state index in [0.29, 0.717) is 0 Å². The van der Waals surface area contributed by atoms with E-state index in [0.717, 1.165) is 0 Å². The Labute approximate surface area is 78.5 Å². The SMILES string of the molecule is NC(=O)OC1(O)OC[C@@H](O)[C@H](O)[C@H]1O. The fourth-order valence-electron chi connectivity index (χ4n) is 1.05. The Morgan fingerprint density at radius 1 is 1.50 bits per heavy atom. The molecule has 14 heavy (non-hydrogen) atoms. The summed E-state index contributed by atoms with van der Waals surface area (Å²) in [6.45, 7) is -0.498. The fraction of sp³-hybridized carbons (Fsp3) is 0.833. The van der Waals surface area contributed by atoms with Crippen molar-refractivity contribution in [2.75, 3.05) is 6.61 Å². The summed E-state index contributed by atoms with van der Waals surface area (Å²) in [5, 5.41) is 36.6. The van der Waals surface area contributed by atoms with E-state index in [1.807, 2.05) is 0 Å². The van der Waals surface area contributed by atoms with E-state index in [4.69, 9.17) is 10.2 Å². The lowest BCUT2D eigenvalue weighted by Crippen LogP contribution is -2.63. The van der Waals surface area contributed by atoms with Crippen molar-refractivity contribution < 1.29 is 34.7 Å². The van der Waals surface area contributed by atoms with Crippen LogP contribution in [0.25, 0.3) is 0 Å². The molecular weight excluding hydrogens is 198 g/mol. The van der Waals surface area contributed by atoms with Crippen LogP contribution in [0.2, 0.25) is 0 Å². The third-order valence-electron chi connectivity index (χ3n) is 1.80. The van der Waals surface area contributed by atoms with Crippen molar-refractivity contribution in [1.82, 2.24) is 0 Å². The van der Waals surface area contributed by atoms with E-state index in [-0.39, 0.29) is 0 Å². The lowest BCUT2D eigenvalue weighted by atomic mass is 10.0. The van der Waals surface area contributed by atoms with Gasteiger partial charge < -0.3 is 35.6 Å². The van der Waals surface area contributed by atoms with Crippen molar-refractivity contribution in [3.63, 3.8) is 0 Å². The average Bonchev–Trinajstić information content (AvgIpc) is 2.08. The third kappa shape index (κ3) is 1.94. The van der Waals surface area contributed by atoms with E-state index in [2.05, 4.69) is 15.2 Å². The molecule has 0 spiro atoms. The summed E-state index contributed by atoms with van der Waals surface area (Å²) < 4.78 is 8.50. The van der Waals surface area contributed by atoms with E-state index >= 15 is 0 Å². The number of primary amides is 1. The summed E-state index contributed by atoms with van der Waals surface area (Å²) in [4.78, 5) is 10.3. The van der Waals surface area contributed by atoms with Crippen molar-refractivity contribution in [2.45, 2.75) is 24.3 Å². The monoisotopic (exact) mass is 209 g/mol. The maximum atomic E-state index is 10.3. The lowest BCUT2D eigenvalue weighted by Gasteiger charge is -2.39. The number of amides is 1. The second-order valence-corrected chi connectivity index (χ2v) is 2.87. The molecule has 1 aliphatic heterocycles. The lowest BCUT2D eigenvalue weighted by molar-refractivity contribution is -0.410. The van der Waals surface area contributed by atoms with Crippen molar-refractivity contribution in [2.24, 2.45) is 5.73 Å².